The quantitative estimate of drug-likeness (QED) is 0.606. The normalized spacial score (nSPS) is 10.7. The smallest absolute Gasteiger partial charge is 0.251 e. The summed E-state index contributed by atoms with van der Waals surface area (Å²) >= 11 is 0. The average Bonchev–Trinajstić information content (AvgIpc) is 2.98. The number of unbranched alkanes of at least 4 members (excludes halogenated alkanes) is 1. The molecule has 0 saturated carbocycles. The van der Waals surface area contributed by atoms with Crippen LogP contribution in [0.2, 0.25) is 0 Å². The van der Waals surface area contributed by atoms with Crippen molar-refractivity contribution in [1.82, 2.24) is 15.3 Å². The van der Waals surface area contributed by atoms with E-state index in [-0.39, 0.29) is 5.91 Å². The minimum absolute atomic E-state index is 0.0336. The van der Waals surface area contributed by atoms with Crippen LogP contribution >= 0.6 is 0 Å². The van der Waals surface area contributed by atoms with Crippen LogP contribution in [0.4, 0.5) is 11.6 Å². The van der Waals surface area contributed by atoms with Crippen LogP contribution in [0.25, 0.3) is 11.0 Å². The number of hydrogen-bond acceptors (Lipinski definition) is 3. The molecule has 0 aliphatic carbocycles. The fraction of sp³-hybridized carbons (Fsp3) is 0.222. The molecule has 0 spiro atoms. The van der Waals surface area contributed by atoms with Crippen molar-refractivity contribution in [1.29, 1.82) is 0 Å². The molecule has 0 saturated heterocycles. The highest BCUT2D eigenvalue weighted by Gasteiger charge is 2.06. The second-order valence-electron chi connectivity index (χ2n) is 5.41. The Labute approximate surface area is 135 Å². The third-order valence-corrected chi connectivity index (χ3v) is 3.62. The maximum absolute atomic E-state index is 12.0. The number of imidazole rings is 1. The molecule has 3 aromatic rings. The molecule has 23 heavy (non-hydrogen) atoms. The first kappa shape index (κ1) is 15.1. The van der Waals surface area contributed by atoms with E-state index in [4.69, 9.17) is 0 Å². The minimum atomic E-state index is -0.0336. The first-order chi connectivity index (χ1) is 11.3. The standard InChI is InChI=1S/C18H20N4O/c1-2-3-12-19-17(23)13-8-10-14(11-9-13)20-18-21-15-6-4-5-7-16(15)22-18/h4-11H,2-3,12H2,1H3,(H,19,23)(H2,20,21,22). The maximum atomic E-state index is 12.0. The molecule has 5 nitrogen and oxygen atoms in total. The van der Waals surface area contributed by atoms with Gasteiger partial charge in [-0.25, -0.2) is 4.98 Å². The summed E-state index contributed by atoms with van der Waals surface area (Å²) in [6.07, 6.45) is 2.07. The van der Waals surface area contributed by atoms with Crippen molar-refractivity contribution in [2.24, 2.45) is 0 Å². The zero-order valence-electron chi connectivity index (χ0n) is 13.1. The molecule has 0 radical (unpaired) electrons. The van der Waals surface area contributed by atoms with E-state index in [0.29, 0.717) is 18.1 Å². The summed E-state index contributed by atoms with van der Waals surface area (Å²) < 4.78 is 0. The third kappa shape index (κ3) is 3.69. The number of rotatable bonds is 6. The minimum Gasteiger partial charge on any atom is -0.352 e. The largest absolute Gasteiger partial charge is 0.352 e. The number of amides is 1. The first-order valence-electron chi connectivity index (χ1n) is 7.86. The molecule has 0 atom stereocenters. The van der Waals surface area contributed by atoms with Crippen LogP contribution in [0.1, 0.15) is 30.1 Å². The van der Waals surface area contributed by atoms with Crippen molar-refractivity contribution < 1.29 is 4.79 Å². The summed E-state index contributed by atoms with van der Waals surface area (Å²) in [4.78, 5) is 19.6. The number of fused-ring (bicyclic) bond motifs is 1. The Bertz CT molecular complexity index is 759. The molecule has 0 unspecified atom stereocenters. The number of anilines is 2. The number of benzene rings is 2. The van der Waals surface area contributed by atoms with Crippen molar-refractivity contribution in [3.05, 3.63) is 54.1 Å². The number of nitrogens with one attached hydrogen (secondary N) is 3. The molecular formula is C18H20N4O. The van der Waals surface area contributed by atoms with Gasteiger partial charge in [0, 0.05) is 17.8 Å². The maximum Gasteiger partial charge on any atom is 0.251 e. The van der Waals surface area contributed by atoms with Gasteiger partial charge in [0.25, 0.3) is 5.91 Å². The highest BCUT2D eigenvalue weighted by molar-refractivity contribution is 5.94. The molecule has 2 aromatic carbocycles. The Morgan fingerprint density at radius 1 is 1.13 bits per heavy atom. The van der Waals surface area contributed by atoms with Crippen molar-refractivity contribution in [2.45, 2.75) is 19.8 Å². The van der Waals surface area contributed by atoms with Crippen molar-refractivity contribution in [3.8, 4) is 0 Å². The van der Waals surface area contributed by atoms with Crippen LogP contribution in [0, 0.1) is 0 Å². The van der Waals surface area contributed by atoms with Crippen LogP contribution in [-0.4, -0.2) is 22.4 Å². The zero-order valence-corrected chi connectivity index (χ0v) is 13.1. The van der Waals surface area contributed by atoms with Crippen molar-refractivity contribution in [3.63, 3.8) is 0 Å². The average molecular weight is 308 g/mol. The van der Waals surface area contributed by atoms with Crippen LogP contribution in [0.3, 0.4) is 0 Å². The van der Waals surface area contributed by atoms with E-state index in [0.717, 1.165) is 29.6 Å². The molecule has 3 N–H and O–H groups in total. The van der Waals surface area contributed by atoms with Gasteiger partial charge in [0.1, 0.15) is 0 Å². The molecule has 0 aliphatic rings. The second kappa shape index (κ2) is 6.96. The van der Waals surface area contributed by atoms with Gasteiger partial charge in [0.05, 0.1) is 11.0 Å². The lowest BCUT2D eigenvalue weighted by Gasteiger charge is -2.06. The highest BCUT2D eigenvalue weighted by Crippen LogP contribution is 2.18. The lowest BCUT2D eigenvalue weighted by Crippen LogP contribution is -2.24. The fourth-order valence-corrected chi connectivity index (χ4v) is 2.33. The zero-order chi connectivity index (χ0) is 16.1. The van der Waals surface area contributed by atoms with E-state index < -0.39 is 0 Å². The summed E-state index contributed by atoms with van der Waals surface area (Å²) in [5.74, 6) is 0.653. The molecule has 1 aromatic heterocycles. The number of nitrogens with zero attached hydrogens (tertiary/aromatic N) is 1. The van der Waals surface area contributed by atoms with E-state index >= 15 is 0 Å². The summed E-state index contributed by atoms with van der Waals surface area (Å²) in [5, 5.41) is 6.12. The van der Waals surface area contributed by atoms with E-state index in [1.54, 1.807) is 0 Å². The van der Waals surface area contributed by atoms with Gasteiger partial charge in [0.2, 0.25) is 5.95 Å². The number of carbonyl (C=O) groups excluding carboxylic acids is 1. The lowest BCUT2D eigenvalue weighted by atomic mass is 10.2. The van der Waals surface area contributed by atoms with E-state index in [1.165, 1.54) is 0 Å². The van der Waals surface area contributed by atoms with E-state index in [1.807, 2.05) is 48.5 Å². The van der Waals surface area contributed by atoms with Gasteiger partial charge in [-0.15, -0.1) is 0 Å². The van der Waals surface area contributed by atoms with Crippen LogP contribution in [-0.2, 0) is 0 Å². The number of hydrogen-bond donors (Lipinski definition) is 3. The highest BCUT2D eigenvalue weighted by atomic mass is 16.1. The molecule has 5 heteroatoms. The summed E-state index contributed by atoms with van der Waals surface area (Å²) in [7, 11) is 0. The molecule has 118 valence electrons. The molecular weight excluding hydrogens is 288 g/mol. The Kier molecular flexibility index (Phi) is 4.57. The molecule has 0 bridgehead atoms. The number of para-hydroxylation sites is 2. The Morgan fingerprint density at radius 2 is 1.91 bits per heavy atom. The number of aromatic amines is 1. The number of aromatic nitrogens is 2. The fourth-order valence-electron chi connectivity index (χ4n) is 2.33. The van der Waals surface area contributed by atoms with Gasteiger partial charge in [-0.2, -0.15) is 0 Å². The molecule has 0 aliphatic heterocycles. The molecule has 1 amide bonds. The SMILES string of the molecule is CCCCNC(=O)c1ccc(Nc2nc3ccccc3[nH]2)cc1. The molecule has 3 rings (SSSR count). The second-order valence-corrected chi connectivity index (χ2v) is 5.41. The van der Waals surface area contributed by atoms with Gasteiger partial charge in [-0.05, 0) is 42.8 Å². The van der Waals surface area contributed by atoms with Gasteiger partial charge in [-0.3, -0.25) is 4.79 Å². The topological polar surface area (TPSA) is 69.8 Å². The molecule has 0 fully saturated rings. The van der Waals surface area contributed by atoms with E-state index in [2.05, 4.69) is 27.5 Å². The Morgan fingerprint density at radius 3 is 2.65 bits per heavy atom. The summed E-state index contributed by atoms with van der Waals surface area (Å²) in [6.45, 7) is 2.82. The summed E-state index contributed by atoms with van der Waals surface area (Å²) in [6, 6.07) is 15.2. The number of H-pyrrole nitrogens is 1. The van der Waals surface area contributed by atoms with Crippen LogP contribution in [0.5, 0.6) is 0 Å². The predicted molar refractivity (Wildman–Crippen MR) is 93.1 cm³/mol. The number of carbonyl (C=O) groups is 1. The monoisotopic (exact) mass is 308 g/mol. The first-order valence-corrected chi connectivity index (χ1v) is 7.86. The van der Waals surface area contributed by atoms with E-state index in [9.17, 15) is 4.79 Å². The van der Waals surface area contributed by atoms with Crippen LogP contribution in [0.15, 0.2) is 48.5 Å². The van der Waals surface area contributed by atoms with Gasteiger partial charge in [-0.1, -0.05) is 25.5 Å². The Hall–Kier alpha value is -2.82. The van der Waals surface area contributed by atoms with Crippen molar-refractivity contribution in [2.75, 3.05) is 11.9 Å². The Balaban J connectivity index is 1.66. The predicted octanol–water partition coefficient (Wildman–Crippen LogP) is 3.84. The van der Waals surface area contributed by atoms with Crippen LogP contribution < -0.4 is 10.6 Å². The van der Waals surface area contributed by atoms with Gasteiger partial charge >= 0.3 is 0 Å². The third-order valence-electron chi connectivity index (χ3n) is 3.62. The molecule has 1 heterocycles. The van der Waals surface area contributed by atoms with Gasteiger partial charge in [0.15, 0.2) is 0 Å². The summed E-state index contributed by atoms with van der Waals surface area (Å²) in [5.41, 5.74) is 3.45. The lowest BCUT2D eigenvalue weighted by molar-refractivity contribution is 0.0953. The van der Waals surface area contributed by atoms with Crippen molar-refractivity contribution >= 4 is 28.6 Å². The van der Waals surface area contributed by atoms with Gasteiger partial charge < -0.3 is 15.6 Å².